The van der Waals surface area contributed by atoms with E-state index in [1.54, 1.807) is 24.3 Å². The van der Waals surface area contributed by atoms with E-state index >= 15 is 0 Å². The zero-order valence-electron chi connectivity index (χ0n) is 17.8. The molecule has 4 N–H and O–H groups in total. The van der Waals surface area contributed by atoms with Crippen LogP contribution in [0.1, 0.15) is 32.1 Å². The van der Waals surface area contributed by atoms with Gasteiger partial charge in [-0.25, -0.2) is 18.3 Å². The summed E-state index contributed by atoms with van der Waals surface area (Å²) in [6, 6.07) is 6.02. The number of carboxylic acids is 1. The van der Waals surface area contributed by atoms with E-state index in [1.807, 2.05) is 4.72 Å². The Morgan fingerprint density at radius 2 is 1.79 bits per heavy atom. The molecule has 0 aliphatic heterocycles. The van der Waals surface area contributed by atoms with Crippen LogP contribution < -0.4 is 10.5 Å². The van der Waals surface area contributed by atoms with Crippen LogP contribution in [0.15, 0.2) is 29.3 Å². The fourth-order valence-corrected chi connectivity index (χ4v) is 4.88. The second-order valence-electron chi connectivity index (χ2n) is 7.84. The van der Waals surface area contributed by atoms with E-state index in [0.29, 0.717) is 10.9 Å². The molecule has 1 aromatic heterocycles. The van der Waals surface area contributed by atoms with Gasteiger partial charge in [0.05, 0.1) is 5.52 Å². The molecule has 1 aromatic carbocycles. The molecule has 3 rings (SSSR count). The van der Waals surface area contributed by atoms with Crippen molar-refractivity contribution in [1.82, 2.24) is 14.5 Å². The number of halogens is 5. The van der Waals surface area contributed by atoms with Gasteiger partial charge in [-0.2, -0.15) is 26.7 Å². The predicted molar refractivity (Wildman–Crippen MR) is 109 cm³/mol. The van der Waals surface area contributed by atoms with Gasteiger partial charge in [-0.05, 0) is 30.9 Å². The Hall–Kier alpha value is -2.81. The van der Waals surface area contributed by atoms with E-state index in [2.05, 4.69) is 5.10 Å². The highest BCUT2D eigenvalue weighted by Gasteiger charge is 2.38. The zero-order valence-corrected chi connectivity index (χ0v) is 18.7. The van der Waals surface area contributed by atoms with Crippen LogP contribution in [-0.2, 0) is 26.7 Å². The van der Waals surface area contributed by atoms with Gasteiger partial charge < -0.3 is 10.8 Å². The molecule has 0 bridgehead atoms. The minimum Gasteiger partial charge on any atom is -0.475 e. The van der Waals surface area contributed by atoms with E-state index in [-0.39, 0.29) is 43.0 Å². The fraction of sp³-hybridized carbons (Fsp3) is 0.526. The summed E-state index contributed by atoms with van der Waals surface area (Å²) in [5.74, 6) is -6.42. The fourth-order valence-electron chi connectivity index (χ4n) is 3.55. The molecule has 0 radical (unpaired) electrons. The third-order valence-corrected chi connectivity index (χ3v) is 6.71. The third kappa shape index (κ3) is 7.09. The van der Waals surface area contributed by atoms with E-state index in [0.717, 1.165) is 0 Å². The second-order valence-corrected chi connectivity index (χ2v) is 9.44. The van der Waals surface area contributed by atoms with Crippen molar-refractivity contribution in [2.45, 2.75) is 55.3 Å². The molecule has 0 saturated heterocycles. The second kappa shape index (κ2) is 10.2. The van der Waals surface area contributed by atoms with E-state index < -0.39 is 40.0 Å². The molecular weight excluding hydrogens is 491 g/mol. The first-order valence-electron chi connectivity index (χ1n) is 9.94. The number of aliphatic carboxylic acids is 1. The molecular formula is C19H23F5N4O5S. The highest BCUT2D eigenvalue weighted by Crippen LogP contribution is 2.37. The molecule has 1 saturated carbocycles. The lowest BCUT2D eigenvalue weighted by Gasteiger charge is -2.31. The van der Waals surface area contributed by atoms with Crippen molar-refractivity contribution < 1.29 is 45.1 Å². The number of carboxylic acid groups (broad SMARTS) is 1. The number of fused-ring (bicyclic) bond motifs is 1. The van der Waals surface area contributed by atoms with Gasteiger partial charge in [-0.3, -0.25) is 9.48 Å². The maximum atomic E-state index is 13.2. The molecule has 1 amide bonds. The minimum absolute atomic E-state index is 0.114. The summed E-state index contributed by atoms with van der Waals surface area (Å²) >= 11 is 0. The maximum Gasteiger partial charge on any atom is 0.490 e. The topological polar surface area (TPSA) is 144 Å². The summed E-state index contributed by atoms with van der Waals surface area (Å²) in [5, 5.41) is 11.5. The van der Waals surface area contributed by atoms with Gasteiger partial charge in [0, 0.05) is 37.7 Å². The number of nitrogens with zero attached hydrogens (tertiary/aromatic N) is 2. The van der Waals surface area contributed by atoms with Crippen LogP contribution in [0.2, 0.25) is 0 Å². The summed E-state index contributed by atoms with van der Waals surface area (Å²) in [7, 11) is -2.66. The number of nitrogens with two attached hydrogens (primary N) is 1. The van der Waals surface area contributed by atoms with Crippen molar-refractivity contribution in [2.24, 2.45) is 18.7 Å². The quantitative estimate of drug-likeness (QED) is 0.520. The molecule has 1 unspecified atom stereocenters. The van der Waals surface area contributed by atoms with E-state index in [4.69, 9.17) is 15.6 Å². The van der Waals surface area contributed by atoms with Gasteiger partial charge in [-0.1, -0.05) is 12.1 Å². The molecule has 1 fully saturated rings. The van der Waals surface area contributed by atoms with Crippen molar-refractivity contribution in [1.29, 1.82) is 0 Å². The highest BCUT2D eigenvalue weighted by molar-refractivity contribution is 7.90. The minimum atomic E-state index is -5.08. The lowest BCUT2D eigenvalue weighted by molar-refractivity contribution is -0.192. The van der Waals surface area contributed by atoms with Crippen LogP contribution in [-0.4, -0.2) is 53.3 Å². The first-order chi connectivity index (χ1) is 15.5. The van der Waals surface area contributed by atoms with Gasteiger partial charge >= 0.3 is 12.1 Å². The predicted octanol–water partition coefficient (Wildman–Crippen LogP) is 2.55. The van der Waals surface area contributed by atoms with Crippen molar-refractivity contribution in [2.75, 3.05) is 0 Å². The summed E-state index contributed by atoms with van der Waals surface area (Å²) < 4.78 is 86.7. The van der Waals surface area contributed by atoms with Crippen molar-refractivity contribution in [3.63, 3.8) is 0 Å². The Kier molecular flexibility index (Phi) is 8.24. The highest BCUT2D eigenvalue weighted by atomic mass is 32.2. The molecule has 9 nitrogen and oxygen atoms in total. The standard InChI is InChI=1S/C17H22F2N4O3S.C2HF3O2/c1-23-16(12-4-2-3-5-14(12)21-23)27(25,26)22-15(24)10-13(20)11-6-8-17(18,19)9-7-11;3-2(4,5)1(6)7/h2-5,11,13H,6-10,20H2,1H3,(H,22,24);(H,6,7). The number of sulfonamides is 1. The number of hydrogen-bond donors (Lipinski definition) is 3. The maximum absolute atomic E-state index is 13.2. The van der Waals surface area contributed by atoms with E-state index in [9.17, 15) is 35.2 Å². The number of aromatic nitrogens is 2. The zero-order chi connectivity index (χ0) is 25.9. The molecule has 34 heavy (non-hydrogen) atoms. The van der Waals surface area contributed by atoms with Crippen molar-refractivity contribution in [3.05, 3.63) is 24.3 Å². The Bertz CT molecular complexity index is 1140. The molecule has 1 aliphatic rings. The molecule has 15 heteroatoms. The van der Waals surface area contributed by atoms with E-state index in [1.165, 1.54) is 11.7 Å². The molecule has 0 spiro atoms. The number of amides is 1. The molecule has 1 heterocycles. The first-order valence-corrected chi connectivity index (χ1v) is 11.4. The average molecular weight is 514 g/mol. The Labute approximate surface area is 191 Å². The lowest BCUT2D eigenvalue weighted by Crippen LogP contribution is -2.41. The Morgan fingerprint density at radius 3 is 2.32 bits per heavy atom. The van der Waals surface area contributed by atoms with Gasteiger partial charge in [0.15, 0.2) is 5.03 Å². The third-order valence-electron chi connectivity index (χ3n) is 5.22. The van der Waals surface area contributed by atoms with Gasteiger partial charge in [0.2, 0.25) is 11.8 Å². The summed E-state index contributed by atoms with van der Waals surface area (Å²) in [5.41, 5.74) is 6.47. The number of carbonyl (C=O) groups is 2. The van der Waals surface area contributed by atoms with Crippen LogP contribution in [0.4, 0.5) is 22.0 Å². The molecule has 190 valence electrons. The number of nitrogens with one attached hydrogen (secondary N) is 1. The number of hydrogen-bond acceptors (Lipinski definition) is 6. The summed E-state index contributed by atoms with van der Waals surface area (Å²) in [4.78, 5) is 21.1. The normalized spacial score (nSPS) is 17.5. The summed E-state index contributed by atoms with van der Waals surface area (Å²) in [6.07, 6.45) is -5.40. The number of benzene rings is 1. The smallest absolute Gasteiger partial charge is 0.475 e. The SMILES string of the molecule is Cn1nc2ccccc2c1S(=O)(=O)NC(=O)CC(N)C1CCC(F)(F)CC1.O=C(O)C(F)(F)F. The van der Waals surface area contributed by atoms with Crippen LogP contribution >= 0.6 is 0 Å². The van der Waals surface area contributed by atoms with Gasteiger partial charge in [0.1, 0.15) is 0 Å². The van der Waals surface area contributed by atoms with Crippen molar-refractivity contribution in [3.8, 4) is 0 Å². The number of alkyl halides is 5. The Morgan fingerprint density at radius 1 is 1.26 bits per heavy atom. The van der Waals surface area contributed by atoms with Crippen molar-refractivity contribution >= 4 is 32.8 Å². The molecule has 1 aliphatic carbocycles. The largest absolute Gasteiger partial charge is 0.490 e. The van der Waals surface area contributed by atoms with Crippen LogP contribution in [0.25, 0.3) is 10.9 Å². The summed E-state index contributed by atoms with van der Waals surface area (Å²) in [6.45, 7) is 0. The van der Waals surface area contributed by atoms with Gasteiger partial charge in [0.25, 0.3) is 10.0 Å². The molecule has 1 atom stereocenters. The number of carbonyl (C=O) groups excluding carboxylic acids is 1. The van der Waals surface area contributed by atoms with Crippen LogP contribution in [0, 0.1) is 5.92 Å². The van der Waals surface area contributed by atoms with Crippen LogP contribution in [0.5, 0.6) is 0 Å². The average Bonchev–Trinajstić information content (AvgIpc) is 3.03. The number of rotatable bonds is 5. The lowest BCUT2D eigenvalue weighted by atomic mass is 9.81. The molecule has 2 aromatic rings. The number of aryl methyl sites for hydroxylation is 1. The first kappa shape index (κ1) is 27.4. The Balaban J connectivity index is 0.000000509. The monoisotopic (exact) mass is 514 g/mol. The van der Waals surface area contributed by atoms with Crippen LogP contribution in [0.3, 0.4) is 0 Å². The van der Waals surface area contributed by atoms with Gasteiger partial charge in [-0.15, -0.1) is 0 Å².